The summed E-state index contributed by atoms with van der Waals surface area (Å²) < 4.78 is 16.8. The molecule has 4 nitrogen and oxygen atoms in total. The van der Waals surface area contributed by atoms with Crippen LogP contribution in [-0.4, -0.2) is 30.6 Å². The molecule has 18 heavy (non-hydrogen) atoms. The van der Waals surface area contributed by atoms with E-state index in [0.717, 1.165) is 25.7 Å². The molecule has 2 aliphatic heterocycles. The van der Waals surface area contributed by atoms with Crippen LogP contribution in [-0.2, 0) is 19.0 Å². The van der Waals surface area contributed by atoms with Gasteiger partial charge < -0.3 is 14.2 Å². The summed E-state index contributed by atoms with van der Waals surface area (Å²) in [6, 6.07) is 0. The minimum absolute atomic E-state index is 0.0514. The predicted molar refractivity (Wildman–Crippen MR) is 67.0 cm³/mol. The average molecular weight is 256 g/mol. The van der Waals surface area contributed by atoms with Gasteiger partial charge in [-0.2, -0.15) is 0 Å². The molecule has 2 aliphatic rings. The third-order valence-corrected chi connectivity index (χ3v) is 3.95. The summed E-state index contributed by atoms with van der Waals surface area (Å²) in [5.74, 6) is -0.610. The Hall–Kier alpha value is -0.610. The lowest BCUT2D eigenvalue weighted by Crippen LogP contribution is -2.62. The summed E-state index contributed by atoms with van der Waals surface area (Å²) in [5, 5.41) is 0. The van der Waals surface area contributed by atoms with E-state index in [1.165, 1.54) is 0 Å². The number of hydrogen-bond donors (Lipinski definition) is 0. The molecular formula is C14H24O4. The molecule has 0 aromatic heterocycles. The first kappa shape index (κ1) is 13.8. The maximum absolute atomic E-state index is 11.9. The minimum Gasteiger partial charge on any atom is -0.458 e. The fourth-order valence-electron chi connectivity index (χ4n) is 3.21. The molecule has 2 atom stereocenters. The third kappa shape index (κ3) is 2.16. The van der Waals surface area contributed by atoms with Crippen molar-refractivity contribution in [2.24, 2.45) is 5.41 Å². The zero-order valence-corrected chi connectivity index (χ0v) is 11.8. The van der Waals surface area contributed by atoms with E-state index in [-0.39, 0.29) is 23.6 Å². The van der Waals surface area contributed by atoms with E-state index < -0.39 is 5.79 Å². The maximum atomic E-state index is 11.9. The van der Waals surface area contributed by atoms with E-state index in [1.54, 1.807) is 0 Å². The molecule has 0 radical (unpaired) electrons. The van der Waals surface area contributed by atoms with Gasteiger partial charge in [0.1, 0.15) is 17.6 Å². The summed E-state index contributed by atoms with van der Waals surface area (Å²) in [7, 11) is 0. The Morgan fingerprint density at radius 2 is 1.83 bits per heavy atom. The van der Waals surface area contributed by atoms with E-state index in [9.17, 15) is 4.79 Å². The van der Waals surface area contributed by atoms with Crippen molar-refractivity contribution in [3.05, 3.63) is 0 Å². The van der Waals surface area contributed by atoms with Crippen LogP contribution in [0.1, 0.15) is 53.4 Å². The molecule has 0 unspecified atom stereocenters. The van der Waals surface area contributed by atoms with Crippen LogP contribution in [0, 0.1) is 5.41 Å². The Bertz CT molecular complexity index is 318. The van der Waals surface area contributed by atoms with Crippen LogP contribution in [0.3, 0.4) is 0 Å². The van der Waals surface area contributed by atoms with E-state index in [4.69, 9.17) is 14.2 Å². The number of cyclic esters (lactones) is 1. The van der Waals surface area contributed by atoms with Crippen molar-refractivity contribution < 1.29 is 19.0 Å². The largest absolute Gasteiger partial charge is 0.458 e. The third-order valence-electron chi connectivity index (χ3n) is 3.95. The van der Waals surface area contributed by atoms with E-state index >= 15 is 0 Å². The van der Waals surface area contributed by atoms with E-state index in [1.807, 2.05) is 13.8 Å². The molecule has 0 aromatic carbocycles. The maximum Gasteiger partial charge on any atom is 0.316 e. The SMILES string of the molecule is CCCC1(CCC)C(=O)O[C@H]1[C@@H]1COC(C)(C)O1. The van der Waals surface area contributed by atoms with Crippen LogP contribution in [0.4, 0.5) is 0 Å². The first-order valence-corrected chi connectivity index (χ1v) is 6.98. The molecule has 0 amide bonds. The zero-order chi connectivity index (χ0) is 13.4. The molecule has 2 fully saturated rings. The second kappa shape index (κ2) is 4.82. The van der Waals surface area contributed by atoms with Crippen LogP contribution in [0.15, 0.2) is 0 Å². The van der Waals surface area contributed by atoms with Gasteiger partial charge in [-0.1, -0.05) is 26.7 Å². The zero-order valence-electron chi connectivity index (χ0n) is 11.8. The molecule has 104 valence electrons. The smallest absolute Gasteiger partial charge is 0.316 e. The number of rotatable bonds is 5. The van der Waals surface area contributed by atoms with Crippen LogP contribution in [0.5, 0.6) is 0 Å². The highest BCUT2D eigenvalue weighted by atomic mass is 16.8. The van der Waals surface area contributed by atoms with Crippen molar-refractivity contribution >= 4 is 5.97 Å². The lowest BCUT2D eigenvalue weighted by Gasteiger charge is -2.49. The number of hydrogen-bond acceptors (Lipinski definition) is 4. The fourth-order valence-corrected chi connectivity index (χ4v) is 3.21. The Morgan fingerprint density at radius 1 is 1.22 bits per heavy atom. The van der Waals surface area contributed by atoms with Gasteiger partial charge in [-0.05, 0) is 26.7 Å². The highest BCUT2D eigenvalue weighted by molar-refractivity contribution is 5.83. The fraction of sp³-hybridized carbons (Fsp3) is 0.929. The van der Waals surface area contributed by atoms with Gasteiger partial charge in [0.05, 0.1) is 6.61 Å². The average Bonchev–Trinajstić information content (AvgIpc) is 2.65. The van der Waals surface area contributed by atoms with Crippen LogP contribution in [0.2, 0.25) is 0 Å². The number of carbonyl (C=O) groups excluding carboxylic acids is 1. The summed E-state index contributed by atoms with van der Waals surface area (Å²) in [4.78, 5) is 11.9. The molecule has 4 heteroatoms. The minimum atomic E-state index is -0.559. The molecule has 0 N–H and O–H groups in total. The summed E-state index contributed by atoms with van der Waals surface area (Å²) in [6.07, 6.45) is 3.49. The van der Waals surface area contributed by atoms with Crippen molar-refractivity contribution in [1.82, 2.24) is 0 Å². The van der Waals surface area contributed by atoms with Crippen LogP contribution >= 0.6 is 0 Å². The van der Waals surface area contributed by atoms with Crippen molar-refractivity contribution in [2.45, 2.75) is 71.4 Å². The van der Waals surface area contributed by atoms with E-state index in [0.29, 0.717) is 6.61 Å². The quantitative estimate of drug-likeness (QED) is 0.709. The predicted octanol–water partition coefficient (Wildman–Crippen LogP) is 2.65. The standard InChI is InChI=1S/C14H24O4/c1-5-7-14(8-6-2)11(17-12(14)15)10-9-16-13(3,4)18-10/h10-11H,5-9H2,1-4H3/t10-,11-/m0/s1. The molecular weight excluding hydrogens is 232 g/mol. The van der Waals surface area contributed by atoms with Gasteiger partial charge >= 0.3 is 5.97 Å². The lowest BCUT2D eigenvalue weighted by atomic mass is 9.69. The number of esters is 1. The summed E-state index contributed by atoms with van der Waals surface area (Å²) >= 11 is 0. The Morgan fingerprint density at radius 3 is 2.22 bits per heavy atom. The first-order valence-electron chi connectivity index (χ1n) is 6.98. The Balaban J connectivity index is 2.11. The Labute approximate surface area is 109 Å². The van der Waals surface area contributed by atoms with Crippen molar-refractivity contribution in [3.8, 4) is 0 Å². The molecule has 0 bridgehead atoms. The first-order chi connectivity index (χ1) is 8.45. The van der Waals surface area contributed by atoms with Gasteiger partial charge in [0, 0.05) is 0 Å². The summed E-state index contributed by atoms with van der Waals surface area (Å²) in [6.45, 7) is 8.52. The number of ether oxygens (including phenoxy) is 3. The molecule has 2 rings (SSSR count). The monoisotopic (exact) mass is 256 g/mol. The molecule has 0 aliphatic carbocycles. The molecule has 2 heterocycles. The van der Waals surface area contributed by atoms with Gasteiger partial charge in [-0.25, -0.2) is 0 Å². The van der Waals surface area contributed by atoms with Crippen molar-refractivity contribution in [1.29, 1.82) is 0 Å². The molecule has 0 saturated carbocycles. The number of carbonyl (C=O) groups is 1. The van der Waals surface area contributed by atoms with Gasteiger partial charge in [0.15, 0.2) is 5.79 Å². The van der Waals surface area contributed by atoms with Gasteiger partial charge in [-0.15, -0.1) is 0 Å². The normalized spacial score (nSPS) is 33.0. The second-order valence-electron chi connectivity index (χ2n) is 5.85. The lowest BCUT2D eigenvalue weighted by molar-refractivity contribution is -0.236. The molecule has 2 saturated heterocycles. The van der Waals surface area contributed by atoms with Gasteiger partial charge in [-0.3, -0.25) is 4.79 Å². The highest BCUT2D eigenvalue weighted by Gasteiger charge is 2.61. The van der Waals surface area contributed by atoms with Gasteiger partial charge in [0.25, 0.3) is 0 Å². The van der Waals surface area contributed by atoms with Crippen molar-refractivity contribution in [2.75, 3.05) is 6.61 Å². The van der Waals surface area contributed by atoms with Gasteiger partial charge in [0.2, 0.25) is 0 Å². The molecule has 0 aromatic rings. The van der Waals surface area contributed by atoms with Crippen LogP contribution < -0.4 is 0 Å². The second-order valence-corrected chi connectivity index (χ2v) is 5.85. The van der Waals surface area contributed by atoms with Crippen LogP contribution in [0.25, 0.3) is 0 Å². The van der Waals surface area contributed by atoms with Crippen molar-refractivity contribution in [3.63, 3.8) is 0 Å². The van der Waals surface area contributed by atoms with E-state index in [2.05, 4.69) is 13.8 Å². The molecule has 0 spiro atoms. The Kier molecular flexibility index (Phi) is 3.70. The topological polar surface area (TPSA) is 44.8 Å². The highest BCUT2D eigenvalue weighted by Crippen LogP contribution is 2.48. The summed E-state index contributed by atoms with van der Waals surface area (Å²) in [5.41, 5.74) is -0.335.